The average molecular weight is 419 g/mol. The molecule has 1 atom stereocenters. The summed E-state index contributed by atoms with van der Waals surface area (Å²) < 4.78 is 2.40. The van der Waals surface area contributed by atoms with E-state index in [-0.39, 0.29) is 6.61 Å². The third kappa shape index (κ3) is 5.47. The highest BCUT2D eigenvalue weighted by Crippen LogP contribution is 2.43. The van der Waals surface area contributed by atoms with Crippen molar-refractivity contribution in [3.8, 4) is 0 Å². The molecule has 1 aliphatic heterocycles. The van der Waals surface area contributed by atoms with Crippen LogP contribution in [0, 0.1) is 0 Å². The van der Waals surface area contributed by atoms with Crippen LogP contribution in [0.4, 0.5) is 11.4 Å². The second-order valence-electron chi connectivity index (χ2n) is 6.67. The van der Waals surface area contributed by atoms with Crippen molar-refractivity contribution in [3.63, 3.8) is 0 Å². The van der Waals surface area contributed by atoms with Crippen molar-refractivity contribution < 1.29 is 5.11 Å². The van der Waals surface area contributed by atoms with Crippen molar-refractivity contribution in [1.82, 2.24) is 4.31 Å². The second-order valence-corrected chi connectivity index (χ2v) is 8.72. The zero-order valence-electron chi connectivity index (χ0n) is 17.8. The summed E-state index contributed by atoms with van der Waals surface area (Å²) in [5, 5.41) is 9.79. The van der Waals surface area contributed by atoms with E-state index in [2.05, 4.69) is 71.9 Å². The molecule has 0 bridgehead atoms. The van der Waals surface area contributed by atoms with E-state index in [9.17, 15) is 5.11 Å². The first-order valence-electron chi connectivity index (χ1n) is 10.2. The molecule has 1 heterocycles. The van der Waals surface area contributed by atoms with E-state index in [4.69, 9.17) is 0 Å². The zero-order valence-corrected chi connectivity index (χ0v) is 19.4. The third-order valence-electron chi connectivity index (χ3n) is 4.93. The molecule has 0 radical (unpaired) electrons. The number of hydrogen-bond donors (Lipinski definition) is 1. The number of rotatable bonds is 6. The number of hydrogen-bond acceptors (Lipinski definition) is 5. The first kappa shape index (κ1) is 23.1. The Balaban J connectivity index is 0.00000136. The topological polar surface area (TPSA) is 26.7 Å². The van der Waals surface area contributed by atoms with E-state index in [0.29, 0.717) is 6.04 Å². The van der Waals surface area contributed by atoms with Gasteiger partial charge in [0.25, 0.3) is 0 Å². The van der Waals surface area contributed by atoms with E-state index >= 15 is 0 Å². The molecule has 0 saturated carbocycles. The molecule has 0 spiro atoms. The molecule has 28 heavy (non-hydrogen) atoms. The van der Waals surface area contributed by atoms with Gasteiger partial charge in [-0.15, -0.1) is 11.8 Å². The lowest BCUT2D eigenvalue weighted by molar-refractivity contribution is 0.278. The second kappa shape index (κ2) is 11.8. The number of likely N-dealkylation sites (N-methyl/N-ethyl adjacent to an activating group) is 1. The van der Waals surface area contributed by atoms with Crippen molar-refractivity contribution >= 4 is 35.1 Å². The van der Waals surface area contributed by atoms with Crippen molar-refractivity contribution in [2.24, 2.45) is 0 Å². The van der Waals surface area contributed by atoms with Crippen molar-refractivity contribution in [2.75, 3.05) is 24.7 Å². The minimum atomic E-state index is 0.0817. The average Bonchev–Trinajstić information content (AvgIpc) is 2.88. The van der Waals surface area contributed by atoms with Crippen LogP contribution in [0.5, 0.6) is 0 Å². The summed E-state index contributed by atoms with van der Waals surface area (Å²) in [6.07, 6.45) is 5.73. The smallest absolute Gasteiger partial charge is 0.0693 e. The number of benzene rings is 2. The first-order chi connectivity index (χ1) is 13.7. The van der Waals surface area contributed by atoms with Gasteiger partial charge in [0.1, 0.15) is 0 Å². The summed E-state index contributed by atoms with van der Waals surface area (Å²) in [6, 6.07) is 15.6. The minimum absolute atomic E-state index is 0.0817. The number of unbranched alkanes of at least 4 members (excludes halogenated alkanes) is 1. The maximum absolute atomic E-state index is 9.79. The van der Waals surface area contributed by atoms with Crippen LogP contribution in [0.25, 0.3) is 0 Å². The Morgan fingerprint density at radius 3 is 2.50 bits per heavy atom. The van der Waals surface area contributed by atoms with Gasteiger partial charge in [0.15, 0.2) is 0 Å². The van der Waals surface area contributed by atoms with Gasteiger partial charge in [-0.3, -0.25) is 0 Å². The standard InChI is InChI=1S/C21H28N2OS2.C2H6/c1-4-5-9-18-14-23(17-10-7-6-8-11-17)19-13-20(25-3)16(15-24)12-21(19)26-22(18)2;1-2/h6-8,10-13,18,24H,4-5,9,14-15H2,1-3H3;1-2H3/t18-;/m0./s1. The largest absolute Gasteiger partial charge is 0.392 e. The van der Waals surface area contributed by atoms with Crippen LogP contribution < -0.4 is 4.90 Å². The molecule has 0 aromatic heterocycles. The highest BCUT2D eigenvalue weighted by atomic mass is 32.2. The summed E-state index contributed by atoms with van der Waals surface area (Å²) in [6.45, 7) is 7.32. The Labute approximate surface area is 179 Å². The Morgan fingerprint density at radius 2 is 1.89 bits per heavy atom. The van der Waals surface area contributed by atoms with Gasteiger partial charge in [0, 0.05) is 28.1 Å². The van der Waals surface area contributed by atoms with Crippen LogP contribution in [0.3, 0.4) is 0 Å². The van der Waals surface area contributed by atoms with Gasteiger partial charge >= 0.3 is 0 Å². The summed E-state index contributed by atoms with van der Waals surface area (Å²) in [4.78, 5) is 4.83. The molecule has 3 rings (SSSR count). The molecular formula is C23H34N2OS2. The summed E-state index contributed by atoms with van der Waals surface area (Å²) in [5.74, 6) is 0. The molecule has 2 aromatic carbocycles. The molecule has 5 heteroatoms. The van der Waals surface area contributed by atoms with Crippen molar-refractivity contribution in [3.05, 3.63) is 48.0 Å². The van der Waals surface area contributed by atoms with Gasteiger partial charge in [0.05, 0.1) is 12.3 Å². The normalized spacial score (nSPS) is 16.8. The number of aliphatic hydroxyl groups excluding tert-OH is 1. The number of anilines is 2. The van der Waals surface area contributed by atoms with Crippen LogP contribution >= 0.6 is 23.7 Å². The maximum Gasteiger partial charge on any atom is 0.0693 e. The Hall–Kier alpha value is -1.14. The van der Waals surface area contributed by atoms with Crippen LogP contribution in [0.1, 0.15) is 45.6 Å². The van der Waals surface area contributed by atoms with Gasteiger partial charge in [-0.05, 0) is 61.5 Å². The number of nitrogens with zero attached hydrogens (tertiary/aromatic N) is 2. The fourth-order valence-electron chi connectivity index (χ4n) is 3.41. The molecule has 0 unspecified atom stereocenters. The Kier molecular flexibility index (Phi) is 9.72. The van der Waals surface area contributed by atoms with Crippen LogP contribution in [0.2, 0.25) is 0 Å². The quantitative estimate of drug-likeness (QED) is 0.422. The molecule has 0 saturated heterocycles. The fraction of sp³-hybridized carbons (Fsp3) is 0.478. The Morgan fingerprint density at radius 1 is 1.18 bits per heavy atom. The minimum Gasteiger partial charge on any atom is -0.392 e. The van der Waals surface area contributed by atoms with E-state index in [0.717, 1.165) is 17.0 Å². The molecule has 1 aliphatic rings. The molecular weight excluding hydrogens is 384 g/mol. The third-order valence-corrected chi connectivity index (χ3v) is 6.86. The predicted octanol–water partition coefficient (Wildman–Crippen LogP) is 6.58. The molecule has 154 valence electrons. The van der Waals surface area contributed by atoms with E-state index in [1.807, 2.05) is 25.8 Å². The number of para-hydroxylation sites is 1. The van der Waals surface area contributed by atoms with E-state index < -0.39 is 0 Å². The van der Waals surface area contributed by atoms with Gasteiger partial charge < -0.3 is 10.0 Å². The highest BCUT2D eigenvalue weighted by molar-refractivity contribution is 7.98. The van der Waals surface area contributed by atoms with Crippen LogP contribution in [-0.2, 0) is 6.61 Å². The molecule has 1 N–H and O–H groups in total. The first-order valence-corrected chi connectivity index (χ1v) is 12.2. The molecule has 0 amide bonds. The summed E-state index contributed by atoms with van der Waals surface area (Å²) in [7, 11) is 2.20. The van der Waals surface area contributed by atoms with Crippen LogP contribution in [-0.4, -0.2) is 35.3 Å². The Bertz CT molecular complexity index is 724. The lowest BCUT2D eigenvalue weighted by Gasteiger charge is -2.30. The van der Waals surface area contributed by atoms with Gasteiger partial charge in [-0.25, -0.2) is 4.31 Å². The lowest BCUT2D eigenvalue weighted by Crippen LogP contribution is -2.35. The summed E-state index contributed by atoms with van der Waals surface area (Å²) in [5.41, 5.74) is 3.49. The fourth-order valence-corrected chi connectivity index (χ4v) is 5.11. The van der Waals surface area contributed by atoms with Gasteiger partial charge in [-0.2, -0.15) is 0 Å². The number of thioether (sulfide) groups is 1. The number of aliphatic hydroxyl groups is 1. The van der Waals surface area contributed by atoms with Crippen LogP contribution in [0.15, 0.2) is 52.3 Å². The SMILES string of the molecule is CC.CCCC[C@H]1CN(c2ccccc2)c2cc(SC)c(CO)cc2SN1C. The van der Waals surface area contributed by atoms with Crippen molar-refractivity contribution in [2.45, 2.75) is 62.5 Å². The molecule has 0 aliphatic carbocycles. The predicted molar refractivity (Wildman–Crippen MR) is 126 cm³/mol. The zero-order chi connectivity index (χ0) is 20.5. The van der Waals surface area contributed by atoms with Gasteiger partial charge in [-0.1, -0.05) is 51.8 Å². The molecule has 3 nitrogen and oxygen atoms in total. The maximum atomic E-state index is 9.79. The van der Waals surface area contributed by atoms with Crippen molar-refractivity contribution in [1.29, 1.82) is 0 Å². The highest BCUT2D eigenvalue weighted by Gasteiger charge is 2.28. The van der Waals surface area contributed by atoms with E-state index in [1.165, 1.54) is 35.5 Å². The molecule has 0 fully saturated rings. The van der Waals surface area contributed by atoms with Gasteiger partial charge in [0.2, 0.25) is 0 Å². The number of fused-ring (bicyclic) bond motifs is 1. The lowest BCUT2D eigenvalue weighted by atomic mass is 10.1. The molecule has 2 aromatic rings. The summed E-state index contributed by atoms with van der Waals surface area (Å²) >= 11 is 3.51. The van der Waals surface area contributed by atoms with E-state index in [1.54, 1.807) is 11.8 Å². The monoisotopic (exact) mass is 418 g/mol.